The predicted octanol–water partition coefficient (Wildman–Crippen LogP) is 2.97. The van der Waals surface area contributed by atoms with E-state index in [1.165, 1.54) is 42.4 Å². The molecule has 3 heteroatoms. The van der Waals surface area contributed by atoms with Crippen LogP contribution >= 0.6 is 0 Å². The first kappa shape index (κ1) is 12.9. The molecule has 0 spiro atoms. The second-order valence-electron chi connectivity index (χ2n) is 7.43. The summed E-state index contributed by atoms with van der Waals surface area (Å²) in [5.41, 5.74) is 6.12. The van der Waals surface area contributed by atoms with Gasteiger partial charge in [0, 0.05) is 11.6 Å². The Kier molecular flexibility index (Phi) is 2.48. The number of nitrogens with zero attached hydrogens (tertiary/aromatic N) is 1. The van der Waals surface area contributed by atoms with Crippen molar-refractivity contribution in [2.24, 2.45) is 0 Å². The largest absolute Gasteiger partial charge is 0.334 e. The number of fused-ring (bicyclic) bond motifs is 4. The van der Waals surface area contributed by atoms with E-state index in [9.17, 15) is 4.79 Å². The molecule has 1 N–H and O–H groups in total. The van der Waals surface area contributed by atoms with Crippen molar-refractivity contribution in [2.45, 2.75) is 56.7 Å². The van der Waals surface area contributed by atoms with Gasteiger partial charge in [0.15, 0.2) is 0 Å². The topological polar surface area (TPSA) is 32.3 Å². The summed E-state index contributed by atoms with van der Waals surface area (Å²) >= 11 is 0. The molecule has 0 radical (unpaired) electrons. The molecule has 0 atom stereocenters. The molecule has 1 amide bonds. The molecule has 114 valence electrons. The third-order valence-corrected chi connectivity index (χ3v) is 6.34. The van der Waals surface area contributed by atoms with Gasteiger partial charge in [-0.3, -0.25) is 9.69 Å². The van der Waals surface area contributed by atoms with Gasteiger partial charge in [0.05, 0.1) is 5.66 Å². The van der Waals surface area contributed by atoms with E-state index < -0.39 is 0 Å². The molecule has 2 bridgehead atoms. The Morgan fingerprint density at radius 3 is 2.77 bits per heavy atom. The Bertz CT molecular complexity index is 697. The van der Waals surface area contributed by atoms with Gasteiger partial charge in [-0.1, -0.05) is 6.08 Å². The van der Waals surface area contributed by atoms with Gasteiger partial charge in [-0.05, 0) is 86.4 Å². The van der Waals surface area contributed by atoms with Gasteiger partial charge in [0.1, 0.15) is 0 Å². The van der Waals surface area contributed by atoms with Crippen LogP contribution < -0.4 is 5.32 Å². The van der Waals surface area contributed by atoms with E-state index in [-0.39, 0.29) is 11.6 Å². The molecular formula is C19H22N2O. The molecule has 1 saturated carbocycles. The maximum atomic E-state index is 12.9. The number of carbonyl (C=O) groups is 1. The first-order chi connectivity index (χ1) is 10.7. The molecule has 0 aromatic carbocycles. The zero-order valence-electron chi connectivity index (χ0n) is 13.1. The maximum absolute atomic E-state index is 12.9. The number of piperidine rings is 2. The smallest absolute Gasteiger partial charge is 0.253 e. The van der Waals surface area contributed by atoms with E-state index in [1.807, 2.05) is 6.08 Å². The maximum Gasteiger partial charge on any atom is 0.253 e. The van der Waals surface area contributed by atoms with Crippen molar-refractivity contribution < 1.29 is 4.79 Å². The lowest BCUT2D eigenvalue weighted by Crippen LogP contribution is -2.66. The SMILES string of the molecule is CN1C2CCCC1(NC(=O)C1=C3C=C4CC4=C3C=C1)CCC2. The highest BCUT2D eigenvalue weighted by molar-refractivity contribution is 6.02. The number of hydrogen-bond acceptors (Lipinski definition) is 2. The number of amides is 1. The standard InChI is InChI=1S/C19H22N2O/c1-21-13-4-2-8-19(21,9-3-5-13)20-18(22)15-7-6-14-16-10-12(16)11-17(14)15/h6-7,11,13H,2-5,8-10H2,1H3,(H,20,22). The lowest BCUT2D eigenvalue weighted by atomic mass is 9.80. The van der Waals surface area contributed by atoms with Crippen LogP contribution in [0.25, 0.3) is 0 Å². The highest BCUT2D eigenvalue weighted by Crippen LogP contribution is 2.51. The van der Waals surface area contributed by atoms with Crippen LogP contribution in [0.4, 0.5) is 0 Å². The lowest BCUT2D eigenvalue weighted by molar-refractivity contribution is -0.126. The summed E-state index contributed by atoms with van der Waals surface area (Å²) in [7, 11) is 2.20. The minimum Gasteiger partial charge on any atom is -0.334 e. The molecule has 2 heterocycles. The molecular weight excluding hydrogens is 272 g/mol. The minimum atomic E-state index is -0.107. The normalized spacial score (nSPS) is 35.5. The fourth-order valence-corrected chi connectivity index (χ4v) is 4.95. The minimum absolute atomic E-state index is 0.107. The number of nitrogens with one attached hydrogen (secondary N) is 1. The number of allylic oxidation sites excluding steroid dienone is 6. The first-order valence-corrected chi connectivity index (χ1v) is 8.60. The molecule has 3 nitrogen and oxygen atoms in total. The van der Waals surface area contributed by atoms with Crippen LogP contribution in [-0.4, -0.2) is 29.6 Å². The van der Waals surface area contributed by atoms with Gasteiger partial charge in [0.2, 0.25) is 0 Å². The summed E-state index contributed by atoms with van der Waals surface area (Å²) in [6.07, 6.45) is 14.7. The highest BCUT2D eigenvalue weighted by Gasteiger charge is 2.45. The van der Waals surface area contributed by atoms with Crippen molar-refractivity contribution in [3.63, 3.8) is 0 Å². The number of hydrogen-bond donors (Lipinski definition) is 1. The monoisotopic (exact) mass is 294 g/mol. The molecule has 2 saturated heterocycles. The average molecular weight is 294 g/mol. The molecule has 3 aliphatic carbocycles. The van der Waals surface area contributed by atoms with Gasteiger partial charge >= 0.3 is 0 Å². The van der Waals surface area contributed by atoms with Crippen molar-refractivity contribution in [1.82, 2.24) is 10.2 Å². The van der Waals surface area contributed by atoms with E-state index in [1.54, 1.807) is 0 Å². The van der Waals surface area contributed by atoms with Gasteiger partial charge in [-0.15, -0.1) is 0 Å². The summed E-state index contributed by atoms with van der Waals surface area (Å²) < 4.78 is 0. The Morgan fingerprint density at radius 1 is 1.23 bits per heavy atom. The average Bonchev–Trinajstić information content (AvgIpc) is 2.96. The zero-order valence-corrected chi connectivity index (χ0v) is 13.1. The Hall–Kier alpha value is -1.61. The second kappa shape index (κ2) is 4.23. The molecule has 2 aliphatic heterocycles. The van der Waals surface area contributed by atoms with Crippen LogP contribution in [0.1, 0.15) is 44.9 Å². The molecule has 22 heavy (non-hydrogen) atoms. The van der Waals surface area contributed by atoms with Crippen LogP contribution in [0.15, 0.2) is 46.1 Å². The zero-order chi connectivity index (χ0) is 14.9. The fraction of sp³-hybridized carbons (Fsp3) is 0.526. The van der Waals surface area contributed by atoms with Crippen LogP contribution in [0.2, 0.25) is 0 Å². The van der Waals surface area contributed by atoms with E-state index in [0.717, 1.165) is 30.4 Å². The molecule has 0 aromatic rings. The Labute approximate surface area is 131 Å². The molecule has 0 aromatic heterocycles. The van der Waals surface area contributed by atoms with Gasteiger partial charge in [-0.25, -0.2) is 0 Å². The summed E-state index contributed by atoms with van der Waals surface area (Å²) in [6.45, 7) is 0. The number of carbonyl (C=O) groups excluding carboxylic acids is 1. The number of rotatable bonds is 2. The molecule has 0 unspecified atom stereocenters. The van der Waals surface area contributed by atoms with E-state index in [0.29, 0.717) is 6.04 Å². The van der Waals surface area contributed by atoms with Gasteiger partial charge in [0.25, 0.3) is 5.91 Å². The predicted molar refractivity (Wildman–Crippen MR) is 86.0 cm³/mol. The van der Waals surface area contributed by atoms with Crippen LogP contribution in [0, 0.1) is 0 Å². The Morgan fingerprint density at radius 2 is 2.00 bits per heavy atom. The van der Waals surface area contributed by atoms with Crippen LogP contribution in [0.5, 0.6) is 0 Å². The molecule has 5 aliphatic rings. The van der Waals surface area contributed by atoms with Crippen molar-refractivity contribution in [3.8, 4) is 0 Å². The van der Waals surface area contributed by atoms with Crippen molar-refractivity contribution in [2.75, 3.05) is 7.05 Å². The van der Waals surface area contributed by atoms with E-state index in [4.69, 9.17) is 0 Å². The van der Waals surface area contributed by atoms with Crippen molar-refractivity contribution >= 4 is 5.91 Å². The third kappa shape index (κ3) is 1.63. The lowest BCUT2D eigenvalue weighted by Gasteiger charge is -2.53. The quantitative estimate of drug-likeness (QED) is 0.849. The van der Waals surface area contributed by atoms with Gasteiger partial charge < -0.3 is 5.32 Å². The Balaban J connectivity index is 1.44. The molecule has 3 fully saturated rings. The van der Waals surface area contributed by atoms with E-state index >= 15 is 0 Å². The first-order valence-electron chi connectivity index (χ1n) is 8.60. The second-order valence-corrected chi connectivity index (χ2v) is 7.43. The van der Waals surface area contributed by atoms with Crippen molar-refractivity contribution in [3.05, 3.63) is 46.1 Å². The van der Waals surface area contributed by atoms with Crippen molar-refractivity contribution in [1.29, 1.82) is 0 Å². The summed E-state index contributed by atoms with van der Waals surface area (Å²) in [5, 5.41) is 3.42. The van der Waals surface area contributed by atoms with Crippen LogP contribution in [0.3, 0.4) is 0 Å². The van der Waals surface area contributed by atoms with Gasteiger partial charge in [-0.2, -0.15) is 0 Å². The molecule has 5 rings (SSSR count). The fourth-order valence-electron chi connectivity index (χ4n) is 4.95. The summed E-state index contributed by atoms with van der Waals surface area (Å²) in [6, 6.07) is 0.651. The highest BCUT2D eigenvalue weighted by atomic mass is 16.2. The van der Waals surface area contributed by atoms with E-state index in [2.05, 4.69) is 29.4 Å². The summed E-state index contributed by atoms with van der Waals surface area (Å²) in [4.78, 5) is 15.4. The van der Waals surface area contributed by atoms with Crippen LogP contribution in [-0.2, 0) is 4.79 Å². The summed E-state index contributed by atoms with van der Waals surface area (Å²) in [5.74, 6) is 0.120. The third-order valence-electron chi connectivity index (χ3n) is 6.34.